The van der Waals surface area contributed by atoms with E-state index in [0.29, 0.717) is 31.7 Å². The molecule has 0 spiro atoms. The van der Waals surface area contributed by atoms with Crippen molar-refractivity contribution < 1.29 is 14.3 Å². The lowest BCUT2D eigenvalue weighted by atomic mass is 10.1. The first-order valence-electron chi connectivity index (χ1n) is 7.36. The van der Waals surface area contributed by atoms with Gasteiger partial charge < -0.3 is 19.4 Å². The molecule has 1 atom stereocenters. The van der Waals surface area contributed by atoms with Crippen molar-refractivity contribution in [1.29, 1.82) is 0 Å². The Hall–Kier alpha value is -2.40. The first-order valence-corrected chi connectivity index (χ1v) is 7.36. The zero-order valence-electron chi connectivity index (χ0n) is 12.2. The van der Waals surface area contributed by atoms with Gasteiger partial charge in [0.1, 0.15) is 6.29 Å². The molecule has 0 bridgehead atoms. The quantitative estimate of drug-likeness (QED) is 0.646. The van der Waals surface area contributed by atoms with Crippen LogP contribution >= 0.6 is 0 Å². The molecule has 0 saturated carbocycles. The van der Waals surface area contributed by atoms with Crippen molar-refractivity contribution in [3.8, 4) is 0 Å². The minimum absolute atomic E-state index is 0.226. The van der Waals surface area contributed by atoms with Crippen LogP contribution in [0, 0.1) is 0 Å². The van der Waals surface area contributed by atoms with Crippen molar-refractivity contribution in [2.45, 2.75) is 19.0 Å². The molecule has 114 valence electrons. The van der Waals surface area contributed by atoms with Crippen LogP contribution in [0.15, 0.2) is 42.6 Å². The van der Waals surface area contributed by atoms with Crippen molar-refractivity contribution in [2.75, 3.05) is 13.2 Å². The lowest BCUT2D eigenvalue weighted by Crippen LogP contribution is -2.35. The van der Waals surface area contributed by atoms with E-state index in [1.807, 2.05) is 41.1 Å². The fraction of sp³-hybridized carbons (Fsp3) is 0.294. The third kappa shape index (κ3) is 2.94. The van der Waals surface area contributed by atoms with Crippen molar-refractivity contribution >= 4 is 23.1 Å². The summed E-state index contributed by atoms with van der Waals surface area (Å²) in [5.74, 6) is -0.226. The normalized spacial score (nSPS) is 21.3. The predicted molar refractivity (Wildman–Crippen MR) is 83.8 cm³/mol. The molecule has 3 rings (SSSR count). The van der Waals surface area contributed by atoms with Crippen molar-refractivity contribution in [3.05, 3.63) is 48.2 Å². The van der Waals surface area contributed by atoms with Gasteiger partial charge in [-0.1, -0.05) is 24.3 Å². The van der Waals surface area contributed by atoms with Gasteiger partial charge in [-0.25, -0.2) is 0 Å². The highest BCUT2D eigenvalue weighted by Crippen LogP contribution is 2.20. The Bertz CT molecular complexity index is 718. The standard InChI is InChI=1S/C17H18N2O3/c20-12-14-5-1-2-10-22-11-9-19-8-7-13-4-3-6-15(16(13)19)17(21)18-14/h1-4,6-8,12,14H,5,9-11H2,(H,18,21)/b2-1-/t14-/m0/s1. The minimum atomic E-state index is -0.525. The number of benzene rings is 1. The van der Waals surface area contributed by atoms with Crippen LogP contribution in [0.3, 0.4) is 0 Å². The van der Waals surface area contributed by atoms with Crippen molar-refractivity contribution in [3.63, 3.8) is 0 Å². The molecule has 0 aliphatic carbocycles. The molecular weight excluding hydrogens is 280 g/mol. The second-order valence-electron chi connectivity index (χ2n) is 5.25. The first kappa shape index (κ1) is 14.5. The van der Waals surface area contributed by atoms with Crippen LogP contribution in [0.25, 0.3) is 10.9 Å². The molecule has 0 radical (unpaired) electrons. The van der Waals surface area contributed by atoms with E-state index < -0.39 is 6.04 Å². The number of hydrogen-bond donors (Lipinski definition) is 1. The number of para-hydroxylation sites is 1. The molecule has 0 saturated heterocycles. The van der Waals surface area contributed by atoms with E-state index in [9.17, 15) is 9.59 Å². The summed E-state index contributed by atoms with van der Waals surface area (Å²) in [6.45, 7) is 1.76. The SMILES string of the molecule is O=C[C@@H]1C/C=C\COCCn2ccc3cccc(c32)C(=O)N1. The summed E-state index contributed by atoms with van der Waals surface area (Å²) < 4.78 is 7.57. The van der Waals surface area contributed by atoms with Crippen LogP contribution in [0.2, 0.25) is 0 Å². The third-order valence-electron chi connectivity index (χ3n) is 3.76. The monoisotopic (exact) mass is 298 g/mol. The fourth-order valence-electron chi connectivity index (χ4n) is 2.65. The summed E-state index contributed by atoms with van der Waals surface area (Å²) in [5.41, 5.74) is 1.46. The Morgan fingerprint density at radius 2 is 2.18 bits per heavy atom. The largest absolute Gasteiger partial charge is 0.376 e. The fourth-order valence-corrected chi connectivity index (χ4v) is 2.65. The van der Waals surface area contributed by atoms with E-state index in [2.05, 4.69) is 5.32 Å². The Balaban J connectivity index is 2.02. The molecule has 1 aliphatic rings. The van der Waals surface area contributed by atoms with Gasteiger partial charge in [-0.2, -0.15) is 0 Å². The first-order chi connectivity index (χ1) is 10.8. The molecule has 2 heterocycles. The van der Waals surface area contributed by atoms with E-state index in [-0.39, 0.29) is 5.91 Å². The lowest BCUT2D eigenvalue weighted by molar-refractivity contribution is -0.109. The second-order valence-corrected chi connectivity index (χ2v) is 5.25. The van der Waals surface area contributed by atoms with Crippen LogP contribution in [0.4, 0.5) is 0 Å². The van der Waals surface area contributed by atoms with E-state index in [1.54, 1.807) is 6.07 Å². The molecule has 0 unspecified atom stereocenters. The predicted octanol–water partition coefficient (Wildman–Crippen LogP) is 1.92. The number of aromatic nitrogens is 1. The Morgan fingerprint density at radius 1 is 1.27 bits per heavy atom. The summed E-state index contributed by atoms with van der Waals surface area (Å²) in [5, 5.41) is 3.79. The van der Waals surface area contributed by atoms with Crippen LogP contribution < -0.4 is 5.32 Å². The highest BCUT2D eigenvalue weighted by Gasteiger charge is 2.16. The van der Waals surface area contributed by atoms with Gasteiger partial charge in [0.2, 0.25) is 0 Å². The van der Waals surface area contributed by atoms with Gasteiger partial charge in [0.05, 0.1) is 30.3 Å². The zero-order valence-corrected chi connectivity index (χ0v) is 12.2. The molecule has 5 heteroatoms. The number of hydrogen-bond acceptors (Lipinski definition) is 3. The molecule has 1 N–H and O–H groups in total. The molecule has 2 aromatic rings. The van der Waals surface area contributed by atoms with Crippen LogP contribution in [-0.2, 0) is 16.1 Å². The number of ether oxygens (including phenoxy) is 1. The number of nitrogens with one attached hydrogen (secondary N) is 1. The number of carbonyl (C=O) groups excluding carboxylic acids is 2. The van der Waals surface area contributed by atoms with Gasteiger partial charge in [-0.15, -0.1) is 0 Å². The lowest BCUT2D eigenvalue weighted by Gasteiger charge is -2.13. The molecule has 1 aromatic carbocycles. The summed E-state index contributed by atoms with van der Waals surface area (Å²) >= 11 is 0. The maximum atomic E-state index is 12.5. The highest BCUT2D eigenvalue weighted by molar-refractivity contribution is 6.06. The van der Waals surface area contributed by atoms with Crippen LogP contribution in [0.1, 0.15) is 16.8 Å². The van der Waals surface area contributed by atoms with Crippen LogP contribution in [-0.4, -0.2) is 36.0 Å². The van der Waals surface area contributed by atoms with Crippen molar-refractivity contribution in [2.24, 2.45) is 0 Å². The molecular formula is C17H18N2O3. The average Bonchev–Trinajstić information content (AvgIpc) is 2.95. The summed E-state index contributed by atoms with van der Waals surface area (Å²) in [6, 6.07) is 7.07. The van der Waals surface area contributed by atoms with Crippen molar-refractivity contribution in [1.82, 2.24) is 9.88 Å². The number of rotatable bonds is 1. The second kappa shape index (κ2) is 6.58. The van der Waals surface area contributed by atoms with E-state index >= 15 is 0 Å². The Labute approximate surface area is 128 Å². The molecule has 1 aliphatic heterocycles. The van der Waals surface area contributed by atoms with E-state index in [0.717, 1.165) is 17.2 Å². The van der Waals surface area contributed by atoms with Crippen LogP contribution in [0.5, 0.6) is 0 Å². The van der Waals surface area contributed by atoms with Gasteiger partial charge in [0.15, 0.2) is 0 Å². The third-order valence-corrected chi connectivity index (χ3v) is 3.76. The van der Waals surface area contributed by atoms with Gasteiger partial charge in [0.25, 0.3) is 5.91 Å². The Kier molecular flexibility index (Phi) is 4.34. The minimum Gasteiger partial charge on any atom is -0.376 e. The summed E-state index contributed by atoms with van der Waals surface area (Å²) in [6.07, 6.45) is 6.92. The molecule has 22 heavy (non-hydrogen) atoms. The topological polar surface area (TPSA) is 60.3 Å². The number of carbonyl (C=O) groups is 2. The highest BCUT2D eigenvalue weighted by atomic mass is 16.5. The summed E-state index contributed by atoms with van der Waals surface area (Å²) in [4.78, 5) is 23.7. The van der Waals surface area contributed by atoms with Gasteiger partial charge in [-0.05, 0) is 18.6 Å². The molecule has 1 amide bonds. The smallest absolute Gasteiger partial charge is 0.254 e. The maximum absolute atomic E-state index is 12.5. The molecule has 0 fully saturated rings. The molecule has 1 aromatic heterocycles. The number of nitrogens with zero attached hydrogens (tertiary/aromatic N) is 1. The average molecular weight is 298 g/mol. The zero-order chi connectivity index (χ0) is 15.4. The summed E-state index contributed by atoms with van der Waals surface area (Å²) in [7, 11) is 0. The van der Waals surface area contributed by atoms with Gasteiger partial charge >= 0.3 is 0 Å². The maximum Gasteiger partial charge on any atom is 0.254 e. The number of aldehydes is 1. The van der Waals surface area contributed by atoms with E-state index in [4.69, 9.17) is 4.74 Å². The van der Waals surface area contributed by atoms with Gasteiger partial charge in [0, 0.05) is 18.1 Å². The molecule has 5 nitrogen and oxygen atoms in total. The Morgan fingerprint density at radius 3 is 3.05 bits per heavy atom. The van der Waals surface area contributed by atoms with Gasteiger partial charge in [-0.3, -0.25) is 4.79 Å². The number of amides is 1. The van der Waals surface area contributed by atoms with E-state index in [1.165, 1.54) is 0 Å².